The Morgan fingerprint density at radius 3 is 2.76 bits per heavy atom. The molecule has 0 fully saturated rings. The molecule has 1 atom stereocenters. The van der Waals surface area contributed by atoms with Crippen molar-refractivity contribution in [2.24, 2.45) is 5.92 Å². The second kappa shape index (κ2) is 8.59. The first-order valence-electron chi connectivity index (χ1n) is 6.83. The minimum Gasteiger partial charge on any atom is -0.396 e. The Hall–Kier alpha value is -1.66. The number of carbonyl (C=O) groups excluding carboxylic acids is 1. The number of hydrogen-bond acceptors (Lipinski definition) is 4. The molecule has 21 heavy (non-hydrogen) atoms. The van der Waals surface area contributed by atoms with E-state index in [-0.39, 0.29) is 28.8 Å². The van der Waals surface area contributed by atoms with Gasteiger partial charge in [-0.25, -0.2) is 0 Å². The van der Waals surface area contributed by atoms with Gasteiger partial charge in [0.2, 0.25) is 0 Å². The molecule has 0 aliphatic carbocycles. The second-order valence-corrected chi connectivity index (χ2v) is 5.18. The summed E-state index contributed by atoms with van der Waals surface area (Å²) < 4.78 is 0. The zero-order valence-electron chi connectivity index (χ0n) is 11.8. The number of nitrogens with one attached hydrogen (secondary N) is 1. The molecule has 0 saturated carbocycles. The van der Waals surface area contributed by atoms with E-state index in [4.69, 9.17) is 16.7 Å². The maximum Gasteiger partial charge on any atom is 0.300 e. The highest BCUT2D eigenvalue weighted by molar-refractivity contribution is 6.33. The van der Waals surface area contributed by atoms with Crippen molar-refractivity contribution in [3.63, 3.8) is 0 Å². The summed E-state index contributed by atoms with van der Waals surface area (Å²) in [5, 5.41) is 22.6. The molecule has 7 heteroatoms. The largest absolute Gasteiger partial charge is 0.396 e. The van der Waals surface area contributed by atoms with E-state index in [0.717, 1.165) is 12.8 Å². The Bertz CT molecular complexity index is 502. The fourth-order valence-corrected chi connectivity index (χ4v) is 2.40. The molecule has 2 N–H and O–H groups in total. The molecule has 0 aliphatic rings. The first-order valence-corrected chi connectivity index (χ1v) is 7.21. The number of carbonyl (C=O) groups is 1. The molecule has 0 spiro atoms. The maximum atomic E-state index is 12.1. The van der Waals surface area contributed by atoms with E-state index in [1.807, 2.05) is 6.92 Å². The van der Waals surface area contributed by atoms with Crippen LogP contribution in [0.15, 0.2) is 18.2 Å². The summed E-state index contributed by atoms with van der Waals surface area (Å²) in [5.74, 6) is -0.370. The molecule has 1 aromatic carbocycles. The fraction of sp³-hybridized carbons (Fsp3) is 0.500. The molecular weight excluding hydrogens is 296 g/mol. The Morgan fingerprint density at radius 2 is 2.19 bits per heavy atom. The number of aliphatic hydroxyl groups is 1. The number of amides is 1. The van der Waals surface area contributed by atoms with E-state index in [0.29, 0.717) is 13.0 Å². The van der Waals surface area contributed by atoms with Crippen LogP contribution in [0.2, 0.25) is 5.02 Å². The number of rotatable bonds is 8. The predicted molar refractivity (Wildman–Crippen MR) is 80.5 cm³/mol. The summed E-state index contributed by atoms with van der Waals surface area (Å²) in [6.45, 7) is 2.45. The van der Waals surface area contributed by atoms with Crippen molar-refractivity contribution in [2.45, 2.75) is 26.2 Å². The van der Waals surface area contributed by atoms with Crippen molar-refractivity contribution in [1.29, 1.82) is 0 Å². The fourth-order valence-electron chi connectivity index (χ4n) is 2.16. The van der Waals surface area contributed by atoms with Gasteiger partial charge in [-0.1, -0.05) is 31.0 Å². The van der Waals surface area contributed by atoms with Gasteiger partial charge in [-0.2, -0.15) is 0 Å². The normalized spacial score (nSPS) is 12.0. The number of hydrogen-bond donors (Lipinski definition) is 2. The van der Waals surface area contributed by atoms with Gasteiger partial charge in [0.05, 0.1) is 4.92 Å². The molecule has 1 rings (SSSR count). The topological polar surface area (TPSA) is 92.5 Å². The van der Waals surface area contributed by atoms with Crippen molar-refractivity contribution < 1.29 is 14.8 Å². The number of nitro groups is 1. The SMILES string of the molecule is CCCC(CCO)CNC(=O)c1cccc(Cl)c1[N+](=O)[O-]. The van der Waals surface area contributed by atoms with Crippen LogP contribution >= 0.6 is 11.6 Å². The molecule has 0 radical (unpaired) electrons. The van der Waals surface area contributed by atoms with Gasteiger partial charge in [-0.3, -0.25) is 14.9 Å². The van der Waals surface area contributed by atoms with Crippen molar-refractivity contribution in [1.82, 2.24) is 5.32 Å². The lowest BCUT2D eigenvalue weighted by Crippen LogP contribution is -2.30. The predicted octanol–water partition coefficient (Wildman–Crippen LogP) is 2.78. The van der Waals surface area contributed by atoms with Crippen LogP contribution in [0.3, 0.4) is 0 Å². The average molecular weight is 315 g/mol. The monoisotopic (exact) mass is 314 g/mol. The quantitative estimate of drug-likeness (QED) is 0.570. The molecule has 1 unspecified atom stereocenters. The van der Waals surface area contributed by atoms with E-state index in [1.54, 1.807) is 0 Å². The minimum atomic E-state index is -0.658. The van der Waals surface area contributed by atoms with Crippen LogP contribution in [-0.4, -0.2) is 29.1 Å². The molecule has 1 aromatic rings. The standard InChI is InChI=1S/C14H19ClN2O4/c1-2-4-10(7-8-18)9-16-14(19)11-5-3-6-12(15)13(11)17(20)21/h3,5-6,10,18H,2,4,7-9H2,1H3,(H,16,19). The summed E-state index contributed by atoms with van der Waals surface area (Å²) >= 11 is 5.78. The van der Waals surface area contributed by atoms with Gasteiger partial charge in [0, 0.05) is 13.2 Å². The average Bonchev–Trinajstić information content (AvgIpc) is 2.44. The van der Waals surface area contributed by atoms with Crippen LogP contribution in [0, 0.1) is 16.0 Å². The van der Waals surface area contributed by atoms with Crippen LogP contribution in [0.25, 0.3) is 0 Å². The van der Waals surface area contributed by atoms with Gasteiger partial charge in [0.25, 0.3) is 5.91 Å². The molecule has 6 nitrogen and oxygen atoms in total. The maximum absolute atomic E-state index is 12.1. The van der Waals surface area contributed by atoms with Gasteiger partial charge in [0.1, 0.15) is 10.6 Å². The first-order chi connectivity index (χ1) is 10.0. The lowest BCUT2D eigenvalue weighted by atomic mass is 10.00. The van der Waals surface area contributed by atoms with E-state index in [1.165, 1.54) is 18.2 Å². The van der Waals surface area contributed by atoms with E-state index in [9.17, 15) is 14.9 Å². The van der Waals surface area contributed by atoms with E-state index in [2.05, 4.69) is 5.32 Å². The second-order valence-electron chi connectivity index (χ2n) is 4.77. The molecule has 116 valence electrons. The number of nitro benzene ring substituents is 1. The zero-order chi connectivity index (χ0) is 15.8. The van der Waals surface area contributed by atoms with Crippen LogP contribution in [-0.2, 0) is 0 Å². The molecular formula is C14H19ClN2O4. The molecule has 1 amide bonds. The highest BCUT2D eigenvalue weighted by Gasteiger charge is 2.23. The first kappa shape index (κ1) is 17.4. The summed E-state index contributed by atoms with van der Waals surface area (Å²) in [5.41, 5.74) is -0.433. The van der Waals surface area contributed by atoms with Crippen LogP contribution in [0.5, 0.6) is 0 Å². The minimum absolute atomic E-state index is 0.0493. The van der Waals surface area contributed by atoms with E-state index >= 15 is 0 Å². The molecule has 0 aromatic heterocycles. The van der Waals surface area contributed by atoms with Gasteiger partial charge in [-0.05, 0) is 30.9 Å². The highest BCUT2D eigenvalue weighted by atomic mass is 35.5. The molecule has 0 bridgehead atoms. The Labute approximate surface area is 128 Å². The molecule has 0 heterocycles. The van der Waals surface area contributed by atoms with Crippen LogP contribution in [0.4, 0.5) is 5.69 Å². The third kappa shape index (κ3) is 4.99. The summed E-state index contributed by atoms with van der Waals surface area (Å²) in [7, 11) is 0. The Balaban J connectivity index is 2.80. The smallest absolute Gasteiger partial charge is 0.300 e. The number of nitrogens with zero attached hydrogens (tertiary/aromatic N) is 1. The third-order valence-corrected chi connectivity index (χ3v) is 3.50. The number of benzene rings is 1. The van der Waals surface area contributed by atoms with Crippen molar-refractivity contribution in [2.75, 3.05) is 13.2 Å². The van der Waals surface area contributed by atoms with Crippen molar-refractivity contribution in [3.05, 3.63) is 38.9 Å². The van der Waals surface area contributed by atoms with Crippen LogP contribution < -0.4 is 5.32 Å². The summed E-state index contributed by atoms with van der Waals surface area (Å²) in [4.78, 5) is 22.4. The van der Waals surface area contributed by atoms with Crippen LogP contribution in [0.1, 0.15) is 36.5 Å². The van der Waals surface area contributed by atoms with Gasteiger partial charge < -0.3 is 10.4 Å². The summed E-state index contributed by atoms with van der Waals surface area (Å²) in [6, 6.07) is 4.25. The van der Waals surface area contributed by atoms with Gasteiger partial charge in [-0.15, -0.1) is 0 Å². The lowest BCUT2D eigenvalue weighted by molar-refractivity contribution is -0.385. The van der Waals surface area contributed by atoms with Gasteiger partial charge >= 0.3 is 5.69 Å². The lowest BCUT2D eigenvalue weighted by Gasteiger charge is -2.15. The molecule has 0 aliphatic heterocycles. The molecule has 0 saturated heterocycles. The Morgan fingerprint density at radius 1 is 1.48 bits per heavy atom. The van der Waals surface area contributed by atoms with E-state index < -0.39 is 10.8 Å². The van der Waals surface area contributed by atoms with Crippen molar-refractivity contribution in [3.8, 4) is 0 Å². The third-order valence-electron chi connectivity index (χ3n) is 3.20. The summed E-state index contributed by atoms with van der Waals surface area (Å²) in [6.07, 6.45) is 2.40. The number of para-hydroxylation sites is 1. The Kier molecular flexibility index (Phi) is 7.11. The van der Waals surface area contributed by atoms with Gasteiger partial charge in [0.15, 0.2) is 0 Å². The highest BCUT2D eigenvalue weighted by Crippen LogP contribution is 2.28. The number of aliphatic hydroxyl groups excluding tert-OH is 1. The van der Waals surface area contributed by atoms with Crippen molar-refractivity contribution >= 4 is 23.2 Å². The number of halogens is 1. The zero-order valence-corrected chi connectivity index (χ0v) is 12.6.